The van der Waals surface area contributed by atoms with E-state index in [0.717, 1.165) is 17.5 Å². The number of carbonyl (C=O) groups is 1. The van der Waals surface area contributed by atoms with Gasteiger partial charge in [-0.05, 0) is 29.2 Å². The largest absolute Gasteiger partial charge is 0.475 e. The maximum atomic E-state index is 11.2. The first-order valence-corrected chi connectivity index (χ1v) is 6.68. The third kappa shape index (κ3) is 2.72. The van der Waals surface area contributed by atoms with Crippen LogP contribution in [-0.2, 0) is 6.42 Å². The Bertz CT molecular complexity index is 757. The summed E-state index contributed by atoms with van der Waals surface area (Å²) in [6.07, 6.45) is 2.17. The van der Waals surface area contributed by atoms with Crippen LogP contribution in [0.4, 0.5) is 0 Å². The minimum Gasteiger partial charge on any atom is -0.475 e. The lowest BCUT2D eigenvalue weighted by molar-refractivity contribution is 0.0663. The summed E-state index contributed by atoms with van der Waals surface area (Å²) in [6.45, 7) is 0. The summed E-state index contributed by atoms with van der Waals surface area (Å²) in [4.78, 5) is 11.2. The van der Waals surface area contributed by atoms with Crippen molar-refractivity contribution in [2.45, 2.75) is 6.42 Å². The minimum atomic E-state index is -1.05. The molecule has 0 radical (unpaired) electrons. The van der Waals surface area contributed by atoms with E-state index in [4.69, 9.17) is 4.42 Å². The van der Waals surface area contributed by atoms with Crippen LogP contribution in [0.1, 0.15) is 21.7 Å². The van der Waals surface area contributed by atoms with Crippen molar-refractivity contribution in [2.24, 2.45) is 0 Å². The molecule has 3 rings (SSSR count). The molecule has 0 unspecified atom stereocenters. The highest BCUT2D eigenvalue weighted by Crippen LogP contribution is 2.29. The van der Waals surface area contributed by atoms with Crippen molar-refractivity contribution < 1.29 is 14.3 Å². The van der Waals surface area contributed by atoms with Gasteiger partial charge in [0.2, 0.25) is 5.76 Å². The monoisotopic (exact) mass is 278 g/mol. The number of hydrogen-bond acceptors (Lipinski definition) is 2. The fraction of sp³-hybridized carbons (Fsp3) is 0.0556. The van der Waals surface area contributed by atoms with Gasteiger partial charge >= 0.3 is 5.97 Å². The van der Waals surface area contributed by atoms with Crippen LogP contribution in [0.2, 0.25) is 0 Å². The molecule has 3 heteroatoms. The number of carboxylic acids is 1. The number of carboxylic acid groups (broad SMARTS) is 1. The Morgan fingerprint density at radius 2 is 1.62 bits per heavy atom. The van der Waals surface area contributed by atoms with Crippen molar-refractivity contribution in [1.29, 1.82) is 0 Å². The first kappa shape index (κ1) is 13.2. The average molecular weight is 278 g/mol. The molecule has 1 heterocycles. The number of aromatic carboxylic acids is 1. The number of rotatable bonds is 4. The van der Waals surface area contributed by atoms with E-state index in [0.29, 0.717) is 5.56 Å². The van der Waals surface area contributed by atoms with Crippen molar-refractivity contribution in [2.75, 3.05) is 0 Å². The van der Waals surface area contributed by atoms with Gasteiger partial charge < -0.3 is 9.52 Å². The zero-order valence-corrected chi connectivity index (χ0v) is 11.3. The molecule has 104 valence electrons. The van der Waals surface area contributed by atoms with E-state index < -0.39 is 5.97 Å². The lowest BCUT2D eigenvalue weighted by Crippen LogP contribution is -1.98. The third-order valence-corrected chi connectivity index (χ3v) is 3.40. The first-order valence-electron chi connectivity index (χ1n) is 6.68. The number of hydrogen-bond donors (Lipinski definition) is 1. The van der Waals surface area contributed by atoms with Crippen LogP contribution in [0.15, 0.2) is 71.3 Å². The average Bonchev–Trinajstić information content (AvgIpc) is 2.98. The fourth-order valence-electron chi connectivity index (χ4n) is 2.44. The molecule has 1 N–H and O–H groups in total. The summed E-state index contributed by atoms with van der Waals surface area (Å²) in [7, 11) is 0. The molecule has 0 spiro atoms. The summed E-state index contributed by atoms with van der Waals surface area (Å²) in [5, 5.41) is 9.20. The molecule has 0 saturated carbocycles. The van der Waals surface area contributed by atoms with Gasteiger partial charge in [-0.2, -0.15) is 0 Å². The van der Waals surface area contributed by atoms with Gasteiger partial charge in [0, 0.05) is 5.56 Å². The van der Waals surface area contributed by atoms with E-state index in [2.05, 4.69) is 12.1 Å². The van der Waals surface area contributed by atoms with Crippen molar-refractivity contribution >= 4 is 5.97 Å². The highest BCUT2D eigenvalue weighted by Gasteiger charge is 2.17. The van der Waals surface area contributed by atoms with E-state index >= 15 is 0 Å². The zero-order chi connectivity index (χ0) is 14.7. The van der Waals surface area contributed by atoms with Crippen LogP contribution < -0.4 is 0 Å². The molecule has 1 aromatic heterocycles. The first-order chi connectivity index (χ1) is 10.3. The van der Waals surface area contributed by atoms with E-state index in [1.54, 1.807) is 6.07 Å². The Morgan fingerprint density at radius 3 is 2.38 bits per heavy atom. The highest BCUT2D eigenvalue weighted by atomic mass is 16.4. The molecular weight excluding hydrogens is 264 g/mol. The van der Waals surface area contributed by atoms with Gasteiger partial charge in [0.1, 0.15) is 0 Å². The van der Waals surface area contributed by atoms with Gasteiger partial charge in [-0.25, -0.2) is 4.79 Å². The highest BCUT2D eigenvalue weighted by molar-refractivity contribution is 5.93. The van der Waals surface area contributed by atoms with Crippen molar-refractivity contribution in [3.63, 3.8) is 0 Å². The van der Waals surface area contributed by atoms with Gasteiger partial charge in [0.15, 0.2) is 0 Å². The molecule has 0 aliphatic rings. The molecular formula is C18H14O3. The van der Waals surface area contributed by atoms with E-state index in [-0.39, 0.29) is 5.76 Å². The number of benzene rings is 2. The second-order valence-corrected chi connectivity index (χ2v) is 4.79. The molecule has 0 fully saturated rings. The van der Waals surface area contributed by atoms with Crippen molar-refractivity contribution in [3.05, 3.63) is 83.8 Å². The smallest absolute Gasteiger partial charge is 0.372 e. The standard InChI is InChI=1S/C18H14O3/c19-18(20)17-16(10-11-21-17)15-9-5-4-8-14(15)12-13-6-2-1-3-7-13/h1-11H,12H2,(H,19,20). The quantitative estimate of drug-likeness (QED) is 0.776. The summed E-state index contributed by atoms with van der Waals surface area (Å²) in [6, 6.07) is 19.6. The zero-order valence-electron chi connectivity index (χ0n) is 11.3. The van der Waals surface area contributed by atoms with Crippen LogP contribution in [-0.4, -0.2) is 11.1 Å². The molecule has 3 nitrogen and oxygen atoms in total. The fourth-order valence-corrected chi connectivity index (χ4v) is 2.44. The third-order valence-electron chi connectivity index (χ3n) is 3.40. The van der Waals surface area contributed by atoms with Gasteiger partial charge in [-0.15, -0.1) is 0 Å². The number of furan rings is 1. The summed E-state index contributed by atoms with van der Waals surface area (Å²) < 4.78 is 5.09. The van der Waals surface area contributed by atoms with Crippen LogP contribution >= 0.6 is 0 Å². The second kappa shape index (κ2) is 5.67. The SMILES string of the molecule is O=C(O)c1occc1-c1ccccc1Cc1ccccc1. The molecule has 0 amide bonds. The Hall–Kier alpha value is -2.81. The topological polar surface area (TPSA) is 50.4 Å². The Balaban J connectivity index is 2.04. The van der Waals surface area contributed by atoms with Crippen LogP contribution in [0.3, 0.4) is 0 Å². The molecule has 3 aromatic rings. The molecule has 0 bridgehead atoms. The van der Waals surface area contributed by atoms with Crippen LogP contribution in [0, 0.1) is 0 Å². The maximum absolute atomic E-state index is 11.2. The van der Waals surface area contributed by atoms with Crippen molar-refractivity contribution in [1.82, 2.24) is 0 Å². The van der Waals surface area contributed by atoms with E-state index in [1.165, 1.54) is 11.8 Å². The molecule has 21 heavy (non-hydrogen) atoms. The van der Waals surface area contributed by atoms with Gasteiger partial charge in [0.05, 0.1) is 6.26 Å². The molecule has 0 atom stereocenters. The predicted molar refractivity (Wildman–Crippen MR) is 80.4 cm³/mol. The molecule has 0 saturated heterocycles. The molecule has 0 aliphatic carbocycles. The van der Waals surface area contributed by atoms with Gasteiger partial charge in [0.25, 0.3) is 0 Å². The van der Waals surface area contributed by atoms with Crippen LogP contribution in [0.5, 0.6) is 0 Å². The maximum Gasteiger partial charge on any atom is 0.372 e. The normalized spacial score (nSPS) is 10.5. The molecule has 2 aromatic carbocycles. The van der Waals surface area contributed by atoms with E-state index in [9.17, 15) is 9.90 Å². The lowest BCUT2D eigenvalue weighted by Gasteiger charge is -2.09. The Labute approximate surface area is 122 Å². The predicted octanol–water partition coefficient (Wildman–Crippen LogP) is 4.24. The Kier molecular flexibility index (Phi) is 3.56. The van der Waals surface area contributed by atoms with Crippen molar-refractivity contribution in [3.8, 4) is 11.1 Å². The Morgan fingerprint density at radius 1 is 0.905 bits per heavy atom. The van der Waals surface area contributed by atoms with Gasteiger partial charge in [-0.1, -0.05) is 54.6 Å². The van der Waals surface area contributed by atoms with Crippen LogP contribution in [0.25, 0.3) is 11.1 Å². The molecule has 0 aliphatic heterocycles. The summed E-state index contributed by atoms with van der Waals surface area (Å²) in [5.74, 6) is -1.07. The lowest BCUT2D eigenvalue weighted by atomic mass is 9.95. The van der Waals surface area contributed by atoms with Gasteiger partial charge in [-0.3, -0.25) is 0 Å². The second-order valence-electron chi connectivity index (χ2n) is 4.79. The summed E-state index contributed by atoms with van der Waals surface area (Å²) in [5.41, 5.74) is 3.78. The minimum absolute atomic E-state index is 0.0180. The van der Waals surface area contributed by atoms with E-state index in [1.807, 2.05) is 42.5 Å². The summed E-state index contributed by atoms with van der Waals surface area (Å²) >= 11 is 0.